The topological polar surface area (TPSA) is 118 Å². The van der Waals surface area contributed by atoms with E-state index in [1.165, 1.54) is 12.1 Å². The van der Waals surface area contributed by atoms with Gasteiger partial charge in [-0.15, -0.1) is 0 Å². The molecule has 1 aromatic carbocycles. The van der Waals surface area contributed by atoms with E-state index in [9.17, 15) is 0 Å². The average molecular weight is 192 g/mol. The largest absolute Gasteiger partial charge is 0.489 e. The highest BCUT2D eigenvalue weighted by molar-refractivity contribution is 5.85. The molecule has 0 spiro atoms. The van der Waals surface area contributed by atoms with E-state index in [1.54, 1.807) is 0 Å². The average Bonchev–Trinajstić information content (AvgIpc) is 2.11. The van der Waals surface area contributed by atoms with E-state index in [-0.39, 0.29) is 0 Å². The number of anilines is 2. The monoisotopic (exact) mass is 192 g/mol. The van der Waals surface area contributed by atoms with Crippen LogP contribution >= 0.6 is 0 Å². The molecule has 6 heteroatoms. The predicted octanol–water partition coefficient (Wildman–Crippen LogP) is 0.205. The Morgan fingerprint density at radius 3 is 1.57 bits per heavy atom. The van der Waals surface area contributed by atoms with Gasteiger partial charge in [-0.3, -0.25) is 0 Å². The summed E-state index contributed by atoms with van der Waals surface area (Å²) in [6, 6.07) is 2.97. The van der Waals surface area contributed by atoms with Gasteiger partial charge in [-0.25, -0.2) is 9.97 Å². The third-order valence-electron chi connectivity index (χ3n) is 1.83. The van der Waals surface area contributed by atoms with Gasteiger partial charge < -0.3 is 21.7 Å². The van der Waals surface area contributed by atoms with Crippen LogP contribution in [0.4, 0.5) is 11.4 Å². The van der Waals surface area contributed by atoms with Gasteiger partial charge in [0, 0.05) is 0 Å². The van der Waals surface area contributed by atoms with E-state index in [1.807, 2.05) is 0 Å². The van der Waals surface area contributed by atoms with Crippen molar-refractivity contribution in [2.75, 3.05) is 11.5 Å². The Kier molecular flexibility index (Phi) is 1.57. The van der Waals surface area contributed by atoms with Crippen LogP contribution in [0.2, 0.25) is 0 Å². The summed E-state index contributed by atoms with van der Waals surface area (Å²) in [7, 11) is 0. The van der Waals surface area contributed by atoms with Crippen LogP contribution in [0, 0.1) is 0 Å². The Morgan fingerprint density at radius 1 is 0.857 bits per heavy atom. The second-order valence-corrected chi connectivity index (χ2v) is 2.84. The molecule has 0 fully saturated rings. The molecule has 0 amide bonds. The minimum Gasteiger partial charge on any atom is -0.489 e. The lowest BCUT2D eigenvalue weighted by molar-refractivity contribution is 0.378. The molecule has 6 nitrogen and oxygen atoms in total. The lowest BCUT2D eigenvalue weighted by Gasteiger charge is -2.03. The molecule has 0 aliphatic heterocycles. The molecule has 6 N–H and O–H groups in total. The van der Waals surface area contributed by atoms with Gasteiger partial charge in [0.05, 0.1) is 22.4 Å². The molecule has 0 radical (unpaired) electrons. The first-order chi connectivity index (χ1) is 6.58. The number of benzene rings is 1. The van der Waals surface area contributed by atoms with E-state index in [4.69, 9.17) is 21.7 Å². The van der Waals surface area contributed by atoms with E-state index in [0.29, 0.717) is 22.4 Å². The zero-order chi connectivity index (χ0) is 10.3. The Morgan fingerprint density at radius 2 is 1.21 bits per heavy atom. The van der Waals surface area contributed by atoms with E-state index in [2.05, 4.69) is 9.97 Å². The highest BCUT2D eigenvalue weighted by Gasteiger charge is 2.07. The van der Waals surface area contributed by atoms with E-state index < -0.39 is 11.8 Å². The van der Waals surface area contributed by atoms with Crippen molar-refractivity contribution in [1.82, 2.24) is 9.97 Å². The number of nitrogens with zero attached hydrogens (tertiary/aromatic N) is 2. The van der Waals surface area contributed by atoms with Crippen molar-refractivity contribution in [2.45, 2.75) is 0 Å². The number of fused-ring (bicyclic) bond motifs is 1. The smallest absolute Gasteiger partial charge is 0.276 e. The normalized spacial score (nSPS) is 10.6. The minimum absolute atomic E-state index is 0.358. The Labute approximate surface area is 78.8 Å². The first-order valence-electron chi connectivity index (χ1n) is 3.82. The lowest BCUT2D eigenvalue weighted by Crippen LogP contribution is -1.96. The number of rotatable bonds is 0. The SMILES string of the molecule is Nc1cc2nc(O)c(O)nc2cc1N. The number of aromatic nitrogens is 2. The fraction of sp³-hybridized carbons (Fsp3) is 0. The second-order valence-electron chi connectivity index (χ2n) is 2.84. The van der Waals surface area contributed by atoms with Crippen molar-refractivity contribution in [1.29, 1.82) is 0 Å². The number of aromatic hydroxyl groups is 2. The number of nitrogen functional groups attached to an aromatic ring is 2. The minimum atomic E-state index is -0.526. The van der Waals surface area contributed by atoms with Crippen LogP contribution in [0.5, 0.6) is 11.8 Å². The molecular formula is C8H8N4O2. The fourth-order valence-electron chi connectivity index (χ4n) is 1.12. The molecule has 2 aromatic rings. The standard InChI is InChI=1S/C8H8N4O2/c9-3-1-5-6(2-4(3)10)12-8(14)7(13)11-5/h1-2H,9-10H2,(H,11,13)(H,12,14). The van der Waals surface area contributed by atoms with Gasteiger partial charge >= 0.3 is 0 Å². The molecule has 0 bridgehead atoms. The van der Waals surface area contributed by atoms with Crippen molar-refractivity contribution >= 4 is 22.4 Å². The molecule has 1 aromatic heterocycles. The van der Waals surface area contributed by atoms with Gasteiger partial charge in [0.25, 0.3) is 11.8 Å². The summed E-state index contributed by atoms with van der Waals surface area (Å²) in [6.45, 7) is 0. The maximum atomic E-state index is 9.08. The molecule has 14 heavy (non-hydrogen) atoms. The third kappa shape index (κ3) is 1.13. The quantitative estimate of drug-likeness (QED) is 0.443. The summed E-state index contributed by atoms with van der Waals surface area (Å²) in [6.07, 6.45) is 0. The maximum absolute atomic E-state index is 9.08. The van der Waals surface area contributed by atoms with Gasteiger partial charge in [0.15, 0.2) is 0 Å². The molecule has 0 saturated heterocycles. The number of hydrogen-bond donors (Lipinski definition) is 4. The Balaban J connectivity index is 2.83. The molecular weight excluding hydrogens is 184 g/mol. The van der Waals surface area contributed by atoms with Crippen molar-refractivity contribution in [3.8, 4) is 11.8 Å². The van der Waals surface area contributed by atoms with E-state index in [0.717, 1.165) is 0 Å². The predicted molar refractivity (Wildman–Crippen MR) is 51.7 cm³/mol. The molecule has 1 heterocycles. The van der Waals surface area contributed by atoms with E-state index >= 15 is 0 Å². The molecule has 0 atom stereocenters. The van der Waals surface area contributed by atoms with Gasteiger partial charge in [0.2, 0.25) is 0 Å². The number of nitrogens with two attached hydrogens (primary N) is 2. The van der Waals surface area contributed by atoms with Gasteiger partial charge in [0.1, 0.15) is 0 Å². The van der Waals surface area contributed by atoms with Crippen LogP contribution in [0.1, 0.15) is 0 Å². The highest BCUT2D eigenvalue weighted by atomic mass is 16.3. The highest BCUT2D eigenvalue weighted by Crippen LogP contribution is 2.26. The summed E-state index contributed by atoms with van der Waals surface area (Å²) >= 11 is 0. The summed E-state index contributed by atoms with van der Waals surface area (Å²) in [5, 5.41) is 18.2. The summed E-state index contributed by atoms with van der Waals surface area (Å²) in [4.78, 5) is 7.37. The fourth-order valence-corrected chi connectivity index (χ4v) is 1.12. The summed E-state index contributed by atoms with van der Waals surface area (Å²) in [5.41, 5.74) is 12.6. The van der Waals surface area contributed by atoms with Crippen LogP contribution in [-0.2, 0) is 0 Å². The van der Waals surface area contributed by atoms with Crippen LogP contribution in [0.25, 0.3) is 11.0 Å². The second kappa shape index (κ2) is 2.63. The first-order valence-corrected chi connectivity index (χ1v) is 3.82. The molecule has 0 saturated carbocycles. The van der Waals surface area contributed by atoms with Crippen molar-refractivity contribution in [3.63, 3.8) is 0 Å². The van der Waals surface area contributed by atoms with Crippen molar-refractivity contribution in [3.05, 3.63) is 12.1 Å². The Hall–Kier alpha value is -2.24. The van der Waals surface area contributed by atoms with Gasteiger partial charge in [-0.05, 0) is 12.1 Å². The molecule has 2 rings (SSSR count). The van der Waals surface area contributed by atoms with Crippen LogP contribution in [0.15, 0.2) is 12.1 Å². The Bertz CT molecular complexity index is 423. The van der Waals surface area contributed by atoms with Crippen LogP contribution in [0.3, 0.4) is 0 Å². The summed E-state index contributed by atoms with van der Waals surface area (Å²) < 4.78 is 0. The third-order valence-corrected chi connectivity index (χ3v) is 1.83. The first kappa shape index (κ1) is 8.36. The lowest BCUT2D eigenvalue weighted by atomic mass is 10.2. The molecule has 0 unspecified atom stereocenters. The zero-order valence-corrected chi connectivity index (χ0v) is 7.10. The van der Waals surface area contributed by atoms with Crippen molar-refractivity contribution in [2.24, 2.45) is 0 Å². The number of hydrogen-bond acceptors (Lipinski definition) is 6. The zero-order valence-electron chi connectivity index (χ0n) is 7.10. The van der Waals surface area contributed by atoms with Gasteiger partial charge in [-0.2, -0.15) is 0 Å². The molecule has 0 aliphatic carbocycles. The summed E-state index contributed by atoms with van der Waals surface area (Å²) in [5.74, 6) is -1.05. The van der Waals surface area contributed by atoms with Gasteiger partial charge in [-0.1, -0.05) is 0 Å². The van der Waals surface area contributed by atoms with Crippen LogP contribution in [-0.4, -0.2) is 20.2 Å². The van der Waals surface area contributed by atoms with Crippen LogP contribution < -0.4 is 11.5 Å². The molecule has 0 aliphatic rings. The molecule has 72 valence electrons. The van der Waals surface area contributed by atoms with Crippen molar-refractivity contribution < 1.29 is 10.2 Å². The maximum Gasteiger partial charge on any atom is 0.276 e.